The maximum Gasteiger partial charge on any atom is 0.193 e. The van der Waals surface area contributed by atoms with Crippen LogP contribution in [0.5, 0.6) is 5.75 Å². The topological polar surface area (TPSA) is 59.6 Å². The number of benzene rings is 2. The third kappa shape index (κ3) is 4.25. The van der Waals surface area contributed by atoms with E-state index in [1.165, 1.54) is 5.56 Å². The molecule has 0 aliphatic carbocycles. The lowest BCUT2D eigenvalue weighted by atomic mass is 10.0. The van der Waals surface area contributed by atoms with Crippen LogP contribution in [-0.2, 0) is 0 Å². The zero-order valence-corrected chi connectivity index (χ0v) is 13.3. The number of nitrogens with two attached hydrogens (primary N) is 1. The van der Waals surface area contributed by atoms with Crippen molar-refractivity contribution in [2.45, 2.75) is 19.8 Å². The van der Waals surface area contributed by atoms with Crippen LogP contribution in [-0.4, -0.2) is 19.6 Å². The molecule has 22 heavy (non-hydrogen) atoms. The molecule has 0 bridgehead atoms. The Balaban J connectivity index is 1.99. The van der Waals surface area contributed by atoms with Gasteiger partial charge in [0, 0.05) is 18.2 Å². The molecule has 2 rings (SSSR count). The summed E-state index contributed by atoms with van der Waals surface area (Å²) >= 11 is 0. The summed E-state index contributed by atoms with van der Waals surface area (Å²) in [6, 6.07) is 16.0. The number of nitrogens with one attached hydrogen (secondary N) is 1. The fourth-order valence-corrected chi connectivity index (χ4v) is 2.23. The van der Waals surface area contributed by atoms with Crippen molar-refractivity contribution in [1.29, 1.82) is 0 Å². The number of methoxy groups -OCH3 is 1. The van der Waals surface area contributed by atoms with Gasteiger partial charge >= 0.3 is 0 Å². The normalized spacial score (nSPS) is 12.8. The SMILES string of the molecule is COc1ccccc1C(C)CN=C(N)Nc1ccc(C)cc1. The molecule has 0 saturated carbocycles. The van der Waals surface area contributed by atoms with Gasteiger partial charge in [0.05, 0.1) is 7.11 Å². The standard InChI is InChI=1S/C18H23N3O/c1-13-8-10-15(11-9-13)21-18(19)20-12-14(2)16-6-4-5-7-17(16)22-3/h4-11,14H,12H2,1-3H3,(H3,19,20,21). The first-order valence-electron chi connectivity index (χ1n) is 7.36. The van der Waals surface area contributed by atoms with Gasteiger partial charge < -0.3 is 15.8 Å². The number of aryl methyl sites for hydroxylation is 1. The van der Waals surface area contributed by atoms with Crippen molar-refractivity contribution in [3.63, 3.8) is 0 Å². The second kappa shape index (κ2) is 7.50. The molecule has 0 aromatic heterocycles. The fourth-order valence-electron chi connectivity index (χ4n) is 2.23. The predicted octanol–water partition coefficient (Wildman–Crippen LogP) is 3.53. The number of aliphatic imine (C=N–C) groups is 1. The van der Waals surface area contributed by atoms with Crippen LogP contribution in [0.3, 0.4) is 0 Å². The van der Waals surface area contributed by atoms with Crippen LogP contribution in [0.25, 0.3) is 0 Å². The van der Waals surface area contributed by atoms with E-state index >= 15 is 0 Å². The van der Waals surface area contributed by atoms with Crippen molar-refractivity contribution >= 4 is 11.6 Å². The predicted molar refractivity (Wildman–Crippen MR) is 92.7 cm³/mol. The molecule has 0 amide bonds. The number of nitrogens with zero attached hydrogens (tertiary/aromatic N) is 1. The summed E-state index contributed by atoms with van der Waals surface area (Å²) in [6.45, 7) is 4.77. The number of hydrogen-bond donors (Lipinski definition) is 2. The Bertz CT molecular complexity index is 635. The third-order valence-corrected chi connectivity index (χ3v) is 3.53. The van der Waals surface area contributed by atoms with Gasteiger partial charge in [-0.1, -0.05) is 42.8 Å². The lowest BCUT2D eigenvalue weighted by Crippen LogP contribution is -2.23. The number of guanidine groups is 1. The van der Waals surface area contributed by atoms with Gasteiger partial charge in [0.2, 0.25) is 0 Å². The summed E-state index contributed by atoms with van der Waals surface area (Å²) in [5, 5.41) is 3.10. The highest BCUT2D eigenvalue weighted by atomic mass is 16.5. The number of hydrogen-bond acceptors (Lipinski definition) is 2. The molecule has 3 N–H and O–H groups in total. The molecule has 116 valence electrons. The van der Waals surface area contributed by atoms with Gasteiger partial charge in [0.1, 0.15) is 5.75 Å². The quantitative estimate of drug-likeness (QED) is 0.655. The van der Waals surface area contributed by atoms with E-state index in [2.05, 4.69) is 30.2 Å². The highest BCUT2D eigenvalue weighted by Gasteiger charge is 2.10. The largest absolute Gasteiger partial charge is 0.496 e. The summed E-state index contributed by atoms with van der Waals surface area (Å²) in [6.07, 6.45) is 0. The number of ether oxygens (including phenoxy) is 1. The maximum atomic E-state index is 5.95. The Morgan fingerprint density at radius 3 is 2.55 bits per heavy atom. The summed E-state index contributed by atoms with van der Waals surface area (Å²) in [5.74, 6) is 1.54. The van der Waals surface area contributed by atoms with Gasteiger partial charge in [-0.25, -0.2) is 0 Å². The molecule has 0 spiro atoms. The first-order valence-corrected chi connectivity index (χ1v) is 7.36. The summed E-state index contributed by atoms with van der Waals surface area (Å²) in [5.41, 5.74) is 9.24. The zero-order valence-electron chi connectivity index (χ0n) is 13.3. The molecule has 0 aliphatic heterocycles. The molecule has 1 atom stereocenters. The van der Waals surface area contributed by atoms with E-state index in [4.69, 9.17) is 10.5 Å². The van der Waals surface area contributed by atoms with Crippen molar-refractivity contribution in [2.24, 2.45) is 10.7 Å². The van der Waals surface area contributed by atoms with Crippen LogP contribution >= 0.6 is 0 Å². The van der Waals surface area contributed by atoms with E-state index < -0.39 is 0 Å². The minimum absolute atomic E-state index is 0.231. The first-order chi connectivity index (χ1) is 10.6. The van der Waals surface area contributed by atoms with Gasteiger partial charge in [-0.05, 0) is 30.7 Å². The Labute approximate surface area is 132 Å². The molecule has 0 radical (unpaired) electrons. The van der Waals surface area contributed by atoms with E-state index in [-0.39, 0.29) is 5.92 Å². The second-order valence-corrected chi connectivity index (χ2v) is 5.36. The molecule has 0 heterocycles. The molecule has 2 aromatic rings. The van der Waals surface area contributed by atoms with Crippen LogP contribution in [0.4, 0.5) is 5.69 Å². The molecule has 0 aliphatic rings. The molecule has 4 nitrogen and oxygen atoms in total. The second-order valence-electron chi connectivity index (χ2n) is 5.36. The van der Waals surface area contributed by atoms with Crippen molar-refractivity contribution < 1.29 is 4.74 Å². The Hall–Kier alpha value is -2.49. The monoisotopic (exact) mass is 297 g/mol. The van der Waals surface area contributed by atoms with E-state index in [9.17, 15) is 0 Å². The van der Waals surface area contributed by atoms with Crippen LogP contribution < -0.4 is 15.8 Å². The Morgan fingerprint density at radius 2 is 1.86 bits per heavy atom. The fraction of sp³-hybridized carbons (Fsp3) is 0.278. The van der Waals surface area contributed by atoms with Crippen molar-refractivity contribution in [3.05, 3.63) is 59.7 Å². The highest BCUT2D eigenvalue weighted by Crippen LogP contribution is 2.26. The number of anilines is 1. The van der Waals surface area contributed by atoms with Crippen LogP contribution in [0, 0.1) is 6.92 Å². The molecule has 4 heteroatoms. The molecule has 0 saturated heterocycles. The minimum atomic E-state index is 0.231. The first kappa shape index (κ1) is 15.9. The van der Waals surface area contributed by atoms with Crippen LogP contribution in [0.15, 0.2) is 53.5 Å². The lowest BCUT2D eigenvalue weighted by Gasteiger charge is -2.14. The molecule has 2 aromatic carbocycles. The Morgan fingerprint density at radius 1 is 1.18 bits per heavy atom. The van der Waals surface area contributed by atoms with Gasteiger partial charge in [-0.2, -0.15) is 0 Å². The zero-order chi connectivity index (χ0) is 15.9. The van der Waals surface area contributed by atoms with E-state index in [0.29, 0.717) is 12.5 Å². The smallest absolute Gasteiger partial charge is 0.193 e. The summed E-state index contributed by atoms with van der Waals surface area (Å²) in [4.78, 5) is 4.42. The summed E-state index contributed by atoms with van der Waals surface area (Å²) in [7, 11) is 1.68. The van der Waals surface area contributed by atoms with Gasteiger partial charge in [-0.3, -0.25) is 4.99 Å². The molecule has 1 unspecified atom stereocenters. The molecular formula is C18H23N3O. The maximum absolute atomic E-state index is 5.95. The molecule has 0 fully saturated rings. The van der Waals surface area contributed by atoms with Gasteiger partial charge in [-0.15, -0.1) is 0 Å². The van der Waals surface area contributed by atoms with E-state index in [1.807, 2.05) is 42.5 Å². The van der Waals surface area contributed by atoms with Crippen molar-refractivity contribution in [1.82, 2.24) is 0 Å². The number of para-hydroxylation sites is 1. The van der Waals surface area contributed by atoms with E-state index in [1.54, 1.807) is 7.11 Å². The average Bonchev–Trinajstić information content (AvgIpc) is 2.54. The average molecular weight is 297 g/mol. The van der Waals surface area contributed by atoms with Crippen molar-refractivity contribution in [2.75, 3.05) is 19.0 Å². The van der Waals surface area contributed by atoms with E-state index in [0.717, 1.165) is 17.0 Å². The lowest BCUT2D eigenvalue weighted by molar-refractivity contribution is 0.407. The van der Waals surface area contributed by atoms with Crippen LogP contribution in [0.2, 0.25) is 0 Å². The van der Waals surface area contributed by atoms with Crippen molar-refractivity contribution in [3.8, 4) is 5.75 Å². The summed E-state index contributed by atoms with van der Waals surface area (Å²) < 4.78 is 5.38. The van der Waals surface area contributed by atoms with Gasteiger partial charge in [0.15, 0.2) is 5.96 Å². The third-order valence-electron chi connectivity index (χ3n) is 3.53. The minimum Gasteiger partial charge on any atom is -0.496 e. The van der Waals surface area contributed by atoms with Gasteiger partial charge in [0.25, 0.3) is 0 Å². The number of rotatable bonds is 5. The molecular weight excluding hydrogens is 274 g/mol. The Kier molecular flexibility index (Phi) is 5.42. The highest BCUT2D eigenvalue weighted by molar-refractivity contribution is 5.92. The van der Waals surface area contributed by atoms with Crippen LogP contribution in [0.1, 0.15) is 24.0 Å².